The molecule has 24 heavy (non-hydrogen) atoms. The lowest BCUT2D eigenvalue weighted by Crippen LogP contribution is -2.34. The fraction of sp³-hybridized carbons (Fsp3) is 1.00. The maximum atomic E-state index is 2.52. The predicted octanol–water partition coefficient (Wildman–Crippen LogP) is 8.17. The Balaban J connectivity index is 4.98. The molecule has 0 aromatic rings. The normalized spacial score (nSPS) is 23.9. The Bertz CT molecular complexity index is 318. The van der Waals surface area contributed by atoms with E-state index in [-0.39, 0.29) is 0 Å². The van der Waals surface area contributed by atoms with Crippen LogP contribution in [-0.4, -0.2) is 0 Å². The van der Waals surface area contributed by atoms with Crippen LogP contribution >= 0.6 is 0 Å². The summed E-state index contributed by atoms with van der Waals surface area (Å²) in [5.74, 6) is 8.17. The fourth-order valence-electron chi connectivity index (χ4n) is 5.12. The highest BCUT2D eigenvalue weighted by Crippen LogP contribution is 2.41. The molecule has 0 heterocycles. The second kappa shape index (κ2) is 10.9. The van der Waals surface area contributed by atoms with Gasteiger partial charge in [0.1, 0.15) is 0 Å². The lowest BCUT2D eigenvalue weighted by molar-refractivity contribution is 0.0782. The minimum absolute atomic E-state index is 0.800. The second-order valence-electron chi connectivity index (χ2n) is 9.72. The summed E-state index contributed by atoms with van der Waals surface area (Å²) in [4.78, 5) is 0. The van der Waals surface area contributed by atoms with Gasteiger partial charge in [0.25, 0.3) is 0 Å². The molecule has 0 saturated carbocycles. The second-order valence-corrected chi connectivity index (χ2v) is 9.72. The molecule has 9 unspecified atom stereocenters. The van der Waals surface area contributed by atoms with Gasteiger partial charge in [-0.3, -0.25) is 0 Å². The summed E-state index contributed by atoms with van der Waals surface area (Å²) in [7, 11) is 0. The molecule has 0 fully saturated rings. The highest BCUT2D eigenvalue weighted by molar-refractivity contribution is 4.83. The molecule has 146 valence electrons. The fourth-order valence-corrected chi connectivity index (χ4v) is 5.12. The van der Waals surface area contributed by atoms with E-state index >= 15 is 0 Å². The molecule has 0 heteroatoms. The summed E-state index contributed by atoms with van der Waals surface area (Å²) in [6, 6.07) is 0. The number of hydrogen-bond acceptors (Lipinski definition) is 0. The van der Waals surface area contributed by atoms with Gasteiger partial charge in [-0.2, -0.15) is 0 Å². The molecule has 0 amide bonds. The highest BCUT2D eigenvalue weighted by atomic mass is 14.4. The summed E-state index contributed by atoms with van der Waals surface area (Å²) >= 11 is 0. The lowest BCUT2D eigenvalue weighted by Gasteiger charge is -2.41. The minimum Gasteiger partial charge on any atom is -0.0651 e. The Labute approximate surface area is 155 Å². The van der Waals surface area contributed by atoms with Gasteiger partial charge in [-0.05, 0) is 59.2 Å². The molecular formula is C24H50. The average molecular weight is 339 g/mol. The van der Waals surface area contributed by atoms with Crippen molar-refractivity contribution >= 4 is 0 Å². The predicted molar refractivity (Wildman–Crippen MR) is 112 cm³/mol. The molecule has 0 N–H and O–H groups in total. The third-order valence-corrected chi connectivity index (χ3v) is 8.52. The van der Waals surface area contributed by atoms with Crippen LogP contribution in [0.15, 0.2) is 0 Å². The largest absolute Gasteiger partial charge is 0.0651 e. The summed E-state index contributed by atoms with van der Waals surface area (Å²) in [6.45, 7) is 29.5. The van der Waals surface area contributed by atoms with E-state index in [1.807, 2.05) is 0 Å². The van der Waals surface area contributed by atoms with E-state index in [9.17, 15) is 0 Å². The minimum atomic E-state index is 0.800. The first-order valence-electron chi connectivity index (χ1n) is 11.0. The molecule has 0 saturated heterocycles. The van der Waals surface area contributed by atoms with E-state index in [4.69, 9.17) is 0 Å². The van der Waals surface area contributed by atoms with Crippen molar-refractivity contribution in [3.05, 3.63) is 0 Å². The third kappa shape index (κ3) is 6.06. The summed E-state index contributed by atoms with van der Waals surface area (Å²) < 4.78 is 0. The monoisotopic (exact) mass is 338 g/mol. The molecule has 0 radical (unpaired) electrons. The molecule has 0 aliphatic carbocycles. The van der Waals surface area contributed by atoms with Crippen molar-refractivity contribution in [1.29, 1.82) is 0 Å². The van der Waals surface area contributed by atoms with Gasteiger partial charge in [-0.15, -0.1) is 0 Å². The van der Waals surface area contributed by atoms with Crippen LogP contribution in [0.5, 0.6) is 0 Å². The van der Waals surface area contributed by atoms with Crippen molar-refractivity contribution in [2.75, 3.05) is 0 Å². The Morgan fingerprint density at radius 3 is 1.04 bits per heavy atom. The van der Waals surface area contributed by atoms with Gasteiger partial charge in [0, 0.05) is 0 Å². The van der Waals surface area contributed by atoms with Crippen molar-refractivity contribution in [3.8, 4) is 0 Å². The van der Waals surface area contributed by atoms with Crippen molar-refractivity contribution < 1.29 is 0 Å². The molecule has 0 nitrogen and oxygen atoms in total. The zero-order valence-electron chi connectivity index (χ0n) is 19.2. The van der Waals surface area contributed by atoms with Crippen LogP contribution in [0, 0.1) is 59.2 Å². The first kappa shape index (κ1) is 24.0. The van der Waals surface area contributed by atoms with Gasteiger partial charge in [0.05, 0.1) is 0 Å². The smallest absolute Gasteiger partial charge is 0.0365 e. The Hall–Kier alpha value is 0. The van der Waals surface area contributed by atoms with Crippen molar-refractivity contribution in [1.82, 2.24) is 0 Å². The van der Waals surface area contributed by atoms with Crippen LogP contribution in [-0.2, 0) is 0 Å². The van der Waals surface area contributed by atoms with Gasteiger partial charge in [-0.25, -0.2) is 0 Å². The van der Waals surface area contributed by atoms with Crippen LogP contribution in [0.25, 0.3) is 0 Å². The third-order valence-electron chi connectivity index (χ3n) is 8.52. The van der Waals surface area contributed by atoms with Crippen LogP contribution in [0.4, 0.5) is 0 Å². The molecule has 9 atom stereocenters. The van der Waals surface area contributed by atoms with E-state index in [1.165, 1.54) is 12.8 Å². The lowest BCUT2D eigenvalue weighted by atomic mass is 9.64. The van der Waals surface area contributed by atoms with Gasteiger partial charge in [0.15, 0.2) is 0 Å². The van der Waals surface area contributed by atoms with Gasteiger partial charge in [0.2, 0.25) is 0 Å². The molecular weight excluding hydrogens is 288 g/mol. The molecule has 0 rings (SSSR count). The average Bonchev–Trinajstić information content (AvgIpc) is 2.56. The summed E-state index contributed by atoms with van der Waals surface area (Å²) in [6.07, 6.45) is 2.63. The Kier molecular flexibility index (Phi) is 10.9. The molecule has 0 aliphatic rings. The van der Waals surface area contributed by atoms with Crippen molar-refractivity contribution in [2.45, 2.75) is 95.9 Å². The van der Waals surface area contributed by atoms with Crippen LogP contribution in [0.1, 0.15) is 95.9 Å². The molecule has 0 aromatic heterocycles. The van der Waals surface area contributed by atoms with E-state index in [0.29, 0.717) is 0 Å². The highest BCUT2D eigenvalue weighted by Gasteiger charge is 2.34. The van der Waals surface area contributed by atoms with Crippen molar-refractivity contribution in [3.63, 3.8) is 0 Å². The number of hydrogen-bond donors (Lipinski definition) is 0. The quantitative estimate of drug-likeness (QED) is 0.356. The molecule has 0 bridgehead atoms. The first-order chi connectivity index (χ1) is 11.0. The zero-order chi connectivity index (χ0) is 19.2. The van der Waals surface area contributed by atoms with Gasteiger partial charge in [-0.1, -0.05) is 95.9 Å². The topological polar surface area (TPSA) is 0 Å². The first-order valence-corrected chi connectivity index (χ1v) is 11.0. The van der Waals surface area contributed by atoms with Gasteiger partial charge < -0.3 is 0 Å². The molecule has 0 aromatic carbocycles. The summed E-state index contributed by atoms with van der Waals surface area (Å²) in [5.41, 5.74) is 0. The molecule has 0 aliphatic heterocycles. The summed E-state index contributed by atoms with van der Waals surface area (Å²) in [5, 5.41) is 0. The van der Waals surface area contributed by atoms with E-state index in [0.717, 1.165) is 59.2 Å². The Morgan fingerprint density at radius 2 is 0.750 bits per heavy atom. The van der Waals surface area contributed by atoms with E-state index < -0.39 is 0 Å². The maximum absolute atomic E-state index is 2.52. The van der Waals surface area contributed by atoms with Crippen molar-refractivity contribution in [2.24, 2.45) is 59.2 Å². The van der Waals surface area contributed by atoms with E-state index in [2.05, 4.69) is 83.1 Å². The van der Waals surface area contributed by atoms with Gasteiger partial charge >= 0.3 is 0 Å². The van der Waals surface area contributed by atoms with Crippen LogP contribution < -0.4 is 0 Å². The standard InChI is InChI=1S/C24H50/c1-13-16(5)17(6)18(7)19(8)20(9)21(10)22(11)23(12)24(14-2)15(3)4/h15-24H,13-14H2,1-12H3. The molecule has 0 spiro atoms. The SMILES string of the molecule is CCC(C)C(C)C(C)C(C)C(C)C(C)C(C)C(C)C(CC)C(C)C. The zero-order valence-corrected chi connectivity index (χ0v) is 19.2. The maximum Gasteiger partial charge on any atom is -0.0365 e. The number of rotatable bonds is 11. The van der Waals surface area contributed by atoms with Crippen LogP contribution in [0.3, 0.4) is 0 Å². The Morgan fingerprint density at radius 1 is 0.417 bits per heavy atom. The van der Waals surface area contributed by atoms with E-state index in [1.54, 1.807) is 0 Å². The van der Waals surface area contributed by atoms with Crippen LogP contribution in [0.2, 0.25) is 0 Å².